The van der Waals surface area contributed by atoms with Crippen molar-refractivity contribution < 1.29 is 4.74 Å². The van der Waals surface area contributed by atoms with Crippen LogP contribution in [0.5, 0.6) is 0 Å². The largest absolute Gasteiger partial charge is 0.378 e. The van der Waals surface area contributed by atoms with Crippen molar-refractivity contribution in [3.63, 3.8) is 0 Å². The van der Waals surface area contributed by atoms with Crippen LogP contribution in [0.4, 0.5) is 0 Å². The lowest BCUT2D eigenvalue weighted by atomic mass is 9.70. The summed E-state index contributed by atoms with van der Waals surface area (Å²) in [6, 6.07) is 0. The summed E-state index contributed by atoms with van der Waals surface area (Å²) in [6.45, 7) is 12.6. The van der Waals surface area contributed by atoms with E-state index in [2.05, 4.69) is 33.0 Å². The van der Waals surface area contributed by atoms with E-state index in [-0.39, 0.29) is 0 Å². The zero-order chi connectivity index (χ0) is 12.5. The third-order valence-electron chi connectivity index (χ3n) is 5.78. The van der Waals surface area contributed by atoms with Crippen molar-refractivity contribution in [1.82, 2.24) is 5.32 Å². The summed E-state index contributed by atoms with van der Waals surface area (Å²) in [5, 5.41) is 3.35. The summed E-state index contributed by atoms with van der Waals surface area (Å²) in [4.78, 5) is 0. The van der Waals surface area contributed by atoms with Gasteiger partial charge >= 0.3 is 0 Å². The van der Waals surface area contributed by atoms with Gasteiger partial charge in [-0.05, 0) is 55.5 Å². The molecular formula is C15H29NO. The van der Waals surface area contributed by atoms with Crippen LogP contribution < -0.4 is 5.32 Å². The lowest BCUT2D eigenvalue weighted by Crippen LogP contribution is -2.37. The molecule has 3 unspecified atom stereocenters. The second-order valence-corrected chi connectivity index (χ2v) is 6.68. The molecule has 2 nitrogen and oxygen atoms in total. The van der Waals surface area contributed by atoms with Gasteiger partial charge in [0.15, 0.2) is 0 Å². The number of fused-ring (bicyclic) bond motifs is 2. The molecule has 3 atom stereocenters. The van der Waals surface area contributed by atoms with Crippen molar-refractivity contribution in [2.75, 3.05) is 19.7 Å². The number of rotatable bonds is 6. The molecule has 0 aromatic carbocycles. The molecule has 100 valence electrons. The van der Waals surface area contributed by atoms with Crippen molar-refractivity contribution in [2.24, 2.45) is 16.7 Å². The lowest BCUT2D eigenvalue weighted by Gasteiger charge is -2.39. The smallest absolute Gasteiger partial charge is 0.0636 e. The number of hydrogen-bond donors (Lipinski definition) is 1. The van der Waals surface area contributed by atoms with Crippen LogP contribution in [0.1, 0.15) is 53.4 Å². The van der Waals surface area contributed by atoms with E-state index in [0.29, 0.717) is 16.9 Å². The standard InChI is InChI=1S/C15H29NO/c1-5-16-9-6-10-17-13-11-12-7-8-15(13,4)14(12,2)3/h12-13,16H,5-11H2,1-4H3. The minimum absolute atomic E-state index is 0.426. The molecule has 0 aliphatic heterocycles. The first kappa shape index (κ1) is 13.4. The first-order valence-electron chi connectivity index (χ1n) is 7.34. The third kappa shape index (κ3) is 2.15. The lowest BCUT2D eigenvalue weighted by molar-refractivity contribution is -0.0469. The van der Waals surface area contributed by atoms with E-state index in [4.69, 9.17) is 4.74 Å². The average molecular weight is 239 g/mol. The molecule has 0 aromatic heterocycles. The Hall–Kier alpha value is -0.0800. The fraction of sp³-hybridized carbons (Fsp3) is 1.00. The molecular weight excluding hydrogens is 210 g/mol. The van der Waals surface area contributed by atoms with E-state index in [9.17, 15) is 0 Å². The Bertz CT molecular complexity index is 264. The topological polar surface area (TPSA) is 21.3 Å². The Balaban J connectivity index is 1.80. The molecule has 2 saturated carbocycles. The summed E-state index contributed by atoms with van der Waals surface area (Å²) >= 11 is 0. The molecule has 0 spiro atoms. The van der Waals surface area contributed by atoms with Crippen LogP contribution in [0, 0.1) is 16.7 Å². The predicted octanol–water partition coefficient (Wildman–Crippen LogP) is 3.22. The molecule has 0 heterocycles. The highest BCUT2D eigenvalue weighted by atomic mass is 16.5. The molecule has 2 fully saturated rings. The maximum Gasteiger partial charge on any atom is 0.0636 e. The average Bonchev–Trinajstić information content (AvgIpc) is 2.61. The Labute approximate surface area is 107 Å². The van der Waals surface area contributed by atoms with Crippen molar-refractivity contribution in [3.05, 3.63) is 0 Å². The quantitative estimate of drug-likeness (QED) is 0.719. The van der Waals surface area contributed by atoms with Gasteiger partial charge in [-0.2, -0.15) is 0 Å². The van der Waals surface area contributed by atoms with Gasteiger partial charge < -0.3 is 10.1 Å². The van der Waals surface area contributed by atoms with Gasteiger partial charge in [0.25, 0.3) is 0 Å². The molecule has 1 N–H and O–H groups in total. The van der Waals surface area contributed by atoms with Gasteiger partial charge in [0.2, 0.25) is 0 Å². The molecule has 2 rings (SSSR count). The zero-order valence-electron chi connectivity index (χ0n) is 12.0. The molecule has 2 aliphatic rings. The summed E-state index contributed by atoms with van der Waals surface area (Å²) in [5.74, 6) is 0.895. The van der Waals surface area contributed by atoms with E-state index in [1.165, 1.54) is 19.3 Å². The van der Waals surface area contributed by atoms with Gasteiger partial charge in [0.05, 0.1) is 6.10 Å². The van der Waals surface area contributed by atoms with Gasteiger partial charge in [0.1, 0.15) is 0 Å². The fourth-order valence-electron chi connectivity index (χ4n) is 3.98. The molecule has 2 heteroatoms. The van der Waals surface area contributed by atoms with Gasteiger partial charge in [-0.25, -0.2) is 0 Å². The summed E-state index contributed by atoms with van der Waals surface area (Å²) < 4.78 is 6.18. The molecule has 17 heavy (non-hydrogen) atoms. The monoisotopic (exact) mass is 239 g/mol. The van der Waals surface area contributed by atoms with Gasteiger partial charge in [-0.15, -0.1) is 0 Å². The van der Waals surface area contributed by atoms with Crippen LogP contribution in [-0.4, -0.2) is 25.8 Å². The Morgan fingerprint density at radius 1 is 1.29 bits per heavy atom. The maximum atomic E-state index is 6.18. The van der Waals surface area contributed by atoms with E-state index in [1.807, 2.05) is 0 Å². The molecule has 0 amide bonds. The van der Waals surface area contributed by atoms with Crippen molar-refractivity contribution in [2.45, 2.75) is 59.5 Å². The summed E-state index contributed by atoms with van der Waals surface area (Å²) in [6.07, 6.45) is 5.73. The van der Waals surface area contributed by atoms with Gasteiger partial charge in [0, 0.05) is 6.61 Å². The first-order chi connectivity index (χ1) is 8.02. The van der Waals surface area contributed by atoms with Crippen molar-refractivity contribution >= 4 is 0 Å². The number of nitrogens with one attached hydrogen (secondary N) is 1. The highest BCUT2D eigenvalue weighted by Crippen LogP contribution is 2.66. The van der Waals surface area contributed by atoms with Crippen LogP contribution in [-0.2, 0) is 4.74 Å². The molecule has 2 aliphatic carbocycles. The van der Waals surface area contributed by atoms with Crippen molar-refractivity contribution in [3.8, 4) is 0 Å². The number of ether oxygens (including phenoxy) is 1. The number of hydrogen-bond acceptors (Lipinski definition) is 2. The fourth-order valence-corrected chi connectivity index (χ4v) is 3.98. The second-order valence-electron chi connectivity index (χ2n) is 6.68. The van der Waals surface area contributed by atoms with E-state index < -0.39 is 0 Å². The second kappa shape index (κ2) is 4.89. The zero-order valence-corrected chi connectivity index (χ0v) is 12.0. The van der Waals surface area contributed by atoms with Crippen LogP contribution in [0.2, 0.25) is 0 Å². The van der Waals surface area contributed by atoms with Gasteiger partial charge in [-0.1, -0.05) is 27.7 Å². The van der Waals surface area contributed by atoms with Gasteiger partial charge in [-0.3, -0.25) is 0 Å². The minimum atomic E-state index is 0.426. The predicted molar refractivity (Wildman–Crippen MR) is 72.1 cm³/mol. The molecule has 0 aromatic rings. The third-order valence-corrected chi connectivity index (χ3v) is 5.78. The Morgan fingerprint density at radius 2 is 2.06 bits per heavy atom. The van der Waals surface area contributed by atoms with Crippen LogP contribution in [0.15, 0.2) is 0 Å². The maximum absolute atomic E-state index is 6.18. The van der Waals surface area contributed by atoms with E-state index in [1.54, 1.807) is 0 Å². The highest BCUT2D eigenvalue weighted by molar-refractivity contribution is 5.11. The normalized spacial score (nSPS) is 38.8. The van der Waals surface area contributed by atoms with E-state index in [0.717, 1.165) is 32.0 Å². The molecule has 0 radical (unpaired) electrons. The van der Waals surface area contributed by atoms with Crippen LogP contribution in [0.25, 0.3) is 0 Å². The van der Waals surface area contributed by atoms with E-state index >= 15 is 0 Å². The highest BCUT2D eigenvalue weighted by Gasteiger charge is 2.61. The molecule has 2 bridgehead atoms. The Kier molecular flexibility index (Phi) is 3.84. The van der Waals surface area contributed by atoms with Crippen LogP contribution in [0.3, 0.4) is 0 Å². The SMILES string of the molecule is CCNCCCOC1CC2CCC1(C)C2(C)C. The Morgan fingerprint density at radius 3 is 2.59 bits per heavy atom. The van der Waals surface area contributed by atoms with Crippen molar-refractivity contribution in [1.29, 1.82) is 0 Å². The first-order valence-corrected chi connectivity index (χ1v) is 7.34. The van der Waals surface area contributed by atoms with Crippen LogP contribution >= 0.6 is 0 Å². The summed E-state index contributed by atoms with van der Waals surface area (Å²) in [7, 11) is 0. The molecule has 0 saturated heterocycles. The minimum Gasteiger partial charge on any atom is -0.378 e. The summed E-state index contributed by atoms with van der Waals surface area (Å²) in [5.41, 5.74) is 0.912.